The summed E-state index contributed by atoms with van der Waals surface area (Å²) in [6.45, 7) is 8.10. The molecule has 1 saturated carbocycles. The minimum atomic E-state index is -4.66. The summed E-state index contributed by atoms with van der Waals surface area (Å²) in [5, 5.41) is 19.7. The summed E-state index contributed by atoms with van der Waals surface area (Å²) >= 11 is 0. The molecule has 1 amide bonds. The molecule has 160 valence electrons. The monoisotopic (exact) mass is 420 g/mol. The average molecular weight is 420 g/mol. The number of amides is 1. The maximum Gasteiger partial charge on any atom is 0.417 e. The molecule has 30 heavy (non-hydrogen) atoms. The van der Waals surface area contributed by atoms with Gasteiger partial charge < -0.3 is 10.1 Å². The van der Waals surface area contributed by atoms with E-state index in [0.717, 1.165) is 12.1 Å². The summed E-state index contributed by atoms with van der Waals surface area (Å²) in [6.07, 6.45) is -2.75. The summed E-state index contributed by atoms with van der Waals surface area (Å²) in [5.74, 6) is -0.304. The first-order chi connectivity index (χ1) is 13.9. The third-order valence-corrected chi connectivity index (χ3v) is 5.76. The minimum absolute atomic E-state index is 0.0287. The fourth-order valence-electron chi connectivity index (χ4n) is 4.63. The Labute approximate surface area is 172 Å². The van der Waals surface area contributed by atoms with Crippen LogP contribution < -0.4 is 10.1 Å². The van der Waals surface area contributed by atoms with Gasteiger partial charge in [-0.3, -0.25) is 4.79 Å². The van der Waals surface area contributed by atoms with Gasteiger partial charge in [-0.05, 0) is 30.7 Å². The van der Waals surface area contributed by atoms with Gasteiger partial charge in [0.1, 0.15) is 17.6 Å². The lowest BCUT2D eigenvalue weighted by molar-refractivity contribution is -0.172. The Morgan fingerprint density at radius 3 is 2.47 bits per heavy atom. The van der Waals surface area contributed by atoms with Crippen molar-refractivity contribution in [1.82, 2.24) is 5.32 Å². The van der Waals surface area contributed by atoms with E-state index >= 15 is 0 Å². The third-order valence-electron chi connectivity index (χ3n) is 5.76. The van der Waals surface area contributed by atoms with Crippen molar-refractivity contribution in [2.75, 3.05) is 6.54 Å². The van der Waals surface area contributed by atoms with Crippen molar-refractivity contribution in [3.8, 4) is 11.8 Å². The van der Waals surface area contributed by atoms with Crippen LogP contribution in [0, 0.1) is 22.2 Å². The van der Waals surface area contributed by atoms with Crippen molar-refractivity contribution < 1.29 is 22.7 Å². The van der Waals surface area contributed by atoms with E-state index in [1.54, 1.807) is 12.1 Å². The lowest BCUT2D eigenvalue weighted by atomic mass is 9.49. The fraction of sp³-hybridized carbons (Fsp3) is 0.524. The van der Waals surface area contributed by atoms with Crippen LogP contribution in [0.1, 0.15) is 45.2 Å². The fourth-order valence-corrected chi connectivity index (χ4v) is 4.63. The molecule has 0 unspecified atom stereocenters. The highest BCUT2D eigenvalue weighted by Crippen LogP contribution is 2.55. The van der Waals surface area contributed by atoms with Crippen LogP contribution in [0.2, 0.25) is 0 Å². The SMILES string of the molecule is CC1(C)C(NC(=O)C2=CCCN=N2)C(C)(C)C1Oc1ccc(C#N)c(C(F)(F)F)c1. The molecular weight excluding hydrogens is 397 g/mol. The van der Waals surface area contributed by atoms with Crippen LogP contribution in [0.5, 0.6) is 5.75 Å². The van der Waals surface area contributed by atoms with E-state index in [-0.39, 0.29) is 23.4 Å². The average Bonchev–Trinajstić information content (AvgIpc) is 2.69. The van der Waals surface area contributed by atoms with Gasteiger partial charge in [0, 0.05) is 16.9 Å². The largest absolute Gasteiger partial charge is 0.489 e. The smallest absolute Gasteiger partial charge is 0.417 e. The zero-order valence-corrected chi connectivity index (χ0v) is 17.2. The van der Waals surface area contributed by atoms with Gasteiger partial charge in [-0.1, -0.05) is 27.7 Å². The number of nitrogens with one attached hydrogen (secondary N) is 1. The van der Waals surface area contributed by atoms with E-state index in [2.05, 4.69) is 15.5 Å². The highest BCUT2D eigenvalue weighted by atomic mass is 19.4. The van der Waals surface area contributed by atoms with Crippen molar-refractivity contribution in [1.29, 1.82) is 5.26 Å². The molecule has 0 radical (unpaired) electrons. The summed E-state index contributed by atoms with van der Waals surface area (Å²) in [7, 11) is 0. The Hall–Kier alpha value is -2.89. The van der Waals surface area contributed by atoms with Gasteiger partial charge >= 0.3 is 6.18 Å². The molecule has 0 aromatic heterocycles. The van der Waals surface area contributed by atoms with Gasteiger partial charge in [0.05, 0.1) is 23.7 Å². The molecule has 1 heterocycles. The molecular formula is C21H23F3N4O2. The second-order valence-electron chi connectivity index (χ2n) is 8.71. The van der Waals surface area contributed by atoms with Gasteiger partial charge in [-0.25, -0.2) is 0 Å². The van der Waals surface area contributed by atoms with E-state index in [4.69, 9.17) is 10.00 Å². The lowest BCUT2D eigenvalue weighted by Gasteiger charge is -2.63. The number of azo groups is 1. The normalized spacial score (nSPS) is 24.3. The van der Waals surface area contributed by atoms with Crippen LogP contribution in [-0.2, 0) is 11.0 Å². The van der Waals surface area contributed by atoms with Crippen LogP contribution >= 0.6 is 0 Å². The van der Waals surface area contributed by atoms with Crippen LogP contribution in [0.4, 0.5) is 13.2 Å². The van der Waals surface area contributed by atoms with Crippen molar-refractivity contribution >= 4 is 5.91 Å². The Morgan fingerprint density at radius 2 is 1.93 bits per heavy atom. The standard InChI is InChI=1S/C21H23F3N4O2/c1-19(2)17(27-16(29)15-6-5-9-26-28-15)20(3,4)18(19)30-13-8-7-12(11-25)14(10-13)21(22,23)24/h6-8,10,17-18H,5,9H2,1-4H3,(H,27,29). The van der Waals surface area contributed by atoms with Crippen molar-refractivity contribution in [3.05, 3.63) is 41.1 Å². The molecule has 1 aliphatic heterocycles. The molecule has 3 rings (SSSR count). The highest BCUT2D eigenvalue weighted by molar-refractivity contribution is 5.93. The minimum Gasteiger partial charge on any atom is -0.489 e. The summed E-state index contributed by atoms with van der Waals surface area (Å²) < 4.78 is 45.7. The molecule has 1 aromatic carbocycles. The molecule has 0 bridgehead atoms. The molecule has 6 nitrogen and oxygen atoms in total. The molecule has 2 aliphatic rings. The van der Waals surface area contributed by atoms with Gasteiger partial charge in [-0.15, -0.1) is 0 Å². The maximum absolute atomic E-state index is 13.3. The summed E-state index contributed by atoms with van der Waals surface area (Å²) in [4.78, 5) is 12.5. The molecule has 1 fully saturated rings. The van der Waals surface area contributed by atoms with Crippen molar-refractivity contribution in [2.24, 2.45) is 21.1 Å². The summed E-state index contributed by atoms with van der Waals surface area (Å²) in [6, 6.07) is 4.59. The summed E-state index contributed by atoms with van der Waals surface area (Å²) in [5.41, 5.74) is -2.34. The number of halogens is 3. The number of alkyl halides is 3. The number of nitriles is 1. The van der Waals surface area contributed by atoms with E-state index in [1.807, 2.05) is 27.7 Å². The topological polar surface area (TPSA) is 86.8 Å². The van der Waals surface area contributed by atoms with Crippen molar-refractivity contribution in [2.45, 2.75) is 52.4 Å². The first kappa shape index (κ1) is 21.8. The third kappa shape index (κ3) is 3.78. The number of nitrogens with zero attached hydrogens (tertiary/aromatic N) is 3. The number of rotatable bonds is 4. The number of ether oxygens (including phenoxy) is 1. The molecule has 1 aromatic rings. The van der Waals surface area contributed by atoms with Crippen LogP contribution in [0.15, 0.2) is 40.2 Å². The number of benzene rings is 1. The second kappa shape index (κ2) is 7.42. The molecule has 0 saturated heterocycles. The predicted molar refractivity (Wildman–Crippen MR) is 102 cm³/mol. The zero-order chi connectivity index (χ0) is 22.3. The van der Waals surface area contributed by atoms with Gasteiger partial charge in [-0.2, -0.15) is 28.7 Å². The lowest BCUT2D eigenvalue weighted by Crippen LogP contribution is -2.74. The Morgan fingerprint density at radius 1 is 1.27 bits per heavy atom. The Balaban J connectivity index is 1.80. The molecule has 0 atom stereocenters. The first-order valence-electron chi connectivity index (χ1n) is 9.55. The first-order valence-corrected chi connectivity index (χ1v) is 9.55. The number of hydrogen-bond acceptors (Lipinski definition) is 5. The number of hydrogen-bond donors (Lipinski definition) is 1. The van der Waals surface area contributed by atoms with Crippen LogP contribution in [0.3, 0.4) is 0 Å². The van der Waals surface area contributed by atoms with E-state index < -0.39 is 34.2 Å². The van der Waals surface area contributed by atoms with E-state index in [9.17, 15) is 18.0 Å². The predicted octanol–water partition coefficient (Wildman–Crippen LogP) is 4.62. The Kier molecular flexibility index (Phi) is 5.39. The van der Waals surface area contributed by atoms with Crippen molar-refractivity contribution in [3.63, 3.8) is 0 Å². The van der Waals surface area contributed by atoms with E-state index in [0.29, 0.717) is 13.0 Å². The molecule has 9 heteroatoms. The Bertz CT molecular complexity index is 942. The van der Waals surface area contributed by atoms with Crippen LogP contribution in [0.25, 0.3) is 0 Å². The maximum atomic E-state index is 13.3. The number of carbonyl (C=O) groups excluding carboxylic acids is 1. The molecule has 1 aliphatic carbocycles. The van der Waals surface area contributed by atoms with Gasteiger partial charge in [0.15, 0.2) is 0 Å². The van der Waals surface area contributed by atoms with E-state index in [1.165, 1.54) is 6.07 Å². The number of carbonyl (C=O) groups is 1. The molecule has 0 spiro atoms. The van der Waals surface area contributed by atoms with Gasteiger partial charge in [0.25, 0.3) is 5.91 Å². The quantitative estimate of drug-likeness (QED) is 0.771. The van der Waals surface area contributed by atoms with Gasteiger partial charge in [0.2, 0.25) is 0 Å². The zero-order valence-electron chi connectivity index (χ0n) is 17.2. The highest BCUT2D eigenvalue weighted by Gasteiger charge is 2.64. The van der Waals surface area contributed by atoms with Crippen LogP contribution in [-0.4, -0.2) is 24.6 Å². The molecule has 1 N–H and O–H groups in total. The second-order valence-corrected chi connectivity index (χ2v) is 8.71.